The number of aliphatic imine (C=N–C) groups is 1. The van der Waals surface area contributed by atoms with Gasteiger partial charge in [0, 0.05) is 12.6 Å². The molecule has 2 aromatic rings. The number of hydrogen-bond donors (Lipinski definition) is 1. The average molecular weight is 268 g/mol. The van der Waals surface area contributed by atoms with E-state index in [1.54, 1.807) is 12.1 Å². The Morgan fingerprint density at radius 1 is 1.21 bits per heavy atom. The molecule has 0 bridgehead atoms. The van der Waals surface area contributed by atoms with Gasteiger partial charge in [0.05, 0.1) is 5.56 Å². The van der Waals surface area contributed by atoms with E-state index in [0.29, 0.717) is 17.1 Å². The molecule has 1 aromatic heterocycles. The van der Waals surface area contributed by atoms with Gasteiger partial charge < -0.3 is 10.2 Å². The summed E-state index contributed by atoms with van der Waals surface area (Å²) in [5, 5.41) is 0. The second-order valence-electron chi connectivity index (χ2n) is 3.85. The average Bonchev–Trinajstić information content (AvgIpc) is 2.86. The summed E-state index contributed by atoms with van der Waals surface area (Å²) < 4.78 is 43.2. The van der Waals surface area contributed by atoms with Crippen LogP contribution in [0.4, 0.5) is 13.2 Å². The number of benzene rings is 1. The van der Waals surface area contributed by atoms with Crippen molar-refractivity contribution in [3.8, 4) is 11.3 Å². The van der Waals surface area contributed by atoms with Crippen molar-refractivity contribution >= 4 is 5.84 Å². The van der Waals surface area contributed by atoms with Crippen molar-refractivity contribution in [2.24, 2.45) is 10.7 Å². The standard InChI is InChI=1S/C13H11F3N2O/c1-18-12(17)11-6-5-10(19-11)8-3-2-4-9(7-8)13(14,15)16/h2-7H,1H3,(H2,17,18). The summed E-state index contributed by atoms with van der Waals surface area (Å²) in [6.45, 7) is 0. The molecule has 6 heteroatoms. The molecule has 0 atom stereocenters. The van der Waals surface area contributed by atoms with Gasteiger partial charge in [0.1, 0.15) is 5.76 Å². The molecule has 1 aromatic carbocycles. The van der Waals surface area contributed by atoms with Crippen LogP contribution < -0.4 is 5.73 Å². The number of furan rings is 1. The number of nitrogens with zero attached hydrogens (tertiary/aromatic N) is 1. The number of amidine groups is 1. The minimum atomic E-state index is -4.38. The van der Waals surface area contributed by atoms with Crippen molar-refractivity contribution in [1.29, 1.82) is 0 Å². The normalized spacial score (nSPS) is 12.7. The lowest BCUT2D eigenvalue weighted by Gasteiger charge is -2.07. The third kappa shape index (κ3) is 2.78. The van der Waals surface area contributed by atoms with Gasteiger partial charge in [0.15, 0.2) is 11.6 Å². The summed E-state index contributed by atoms with van der Waals surface area (Å²) in [6.07, 6.45) is -4.38. The highest BCUT2D eigenvalue weighted by Gasteiger charge is 2.30. The van der Waals surface area contributed by atoms with Gasteiger partial charge >= 0.3 is 6.18 Å². The van der Waals surface area contributed by atoms with Gasteiger partial charge in [-0.2, -0.15) is 13.2 Å². The fourth-order valence-electron chi connectivity index (χ4n) is 1.59. The van der Waals surface area contributed by atoms with Crippen LogP contribution in [0.5, 0.6) is 0 Å². The van der Waals surface area contributed by atoms with Crippen molar-refractivity contribution in [2.45, 2.75) is 6.18 Å². The molecule has 19 heavy (non-hydrogen) atoms. The van der Waals surface area contributed by atoms with Crippen LogP contribution in [-0.4, -0.2) is 12.9 Å². The predicted molar refractivity (Wildman–Crippen MR) is 65.8 cm³/mol. The lowest BCUT2D eigenvalue weighted by atomic mass is 10.1. The maximum atomic E-state index is 12.6. The molecule has 2 rings (SSSR count). The Labute approximate surface area is 107 Å². The maximum Gasteiger partial charge on any atom is 0.416 e. The Morgan fingerprint density at radius 3 is 2.58 bits per heavy atom. The number of rotatable bonds is 2. The molecule has 0 aliphatic carbocycles. The highest BCUT2D eigenvalue weighted by molar-refractivity contribution is 5.95. The summed E-state index contributed by atoms with van der Waals surface area (Å²) >= 11 is 0. The molecule has 0 aliphatic rings. The van der Waals surface area contributed by atoms with E-state index in [1.165, 1.54) is 19.2 Å². The van der Waals surface area contributed by atoms with Crippen LogP contribution in [0.1, 0.15) is 11.3 Å². The summed E-state index contributed by atoms with van der Waals surface area (Å²) in [5.41, 5.74) is 5.18. The van der Waals surface area contributed by atoms with E-state index >= 15 is 0 Å². The molecule has 0 spiro atoms. The van der Waals surface area contributed by atoms with Crippen LogP contribution in [-0.2, 0) is 6.18 Å². The Bertz CT molecular complexity index is 614. The minimum absolute atomic E-state index is 0.193. The number of nitrogens with two attached hydrogens (primary N) is 1. The van der Waals surface area contributed by atoms with Crippen LogP contribution in [0.25, 0.3) is 11.3 Å². The van der Waals surface area contributed by atoms with Gasteiger partial charge in [0.2, 0.25) is 0 Å². The highest BCUT2D eigenvalue weighted by Crippen LogP contribution is 2.32. The molecular formula is C13H11F3N2O. The van der Waals surface area contributed by atoms with Gasteiger partial charge in [-0.3, -0.25) is 4.99 Å². The van der Waals surface area contributed by atoms with Crippen molar-refractivity contribution in [2.75, 3.05) is 7.05 Å². The van der Waals surface area contributed by atoms with Crippen molar-refractivity contribution in [3.63, 3.8) is 0 Å². The van der Waals surface area contributed by atoms with Gasteiger partial charge in [-0.1, -0.05) is 12.1 Å². The highest BCUT2D eigenvalue weighted by atomic mass is 19.4. The van der Waals surface area contributed by atoms with Crippen LogP contribution in [0.15, 0.2) is 45.8 Å². The summed E-state index contributed by atoms with van der Waals surface area (Å²) in [6, 6.07) is 8.03. The first-order chi connectivity index (χ1) is 8.91. The lowest BCUT2D eigenvalue weighted by Crippen LogP contribution is -2.11. The fraction of sp³-hybridized carbons (Fsp3) is 0.154. The summed E-state index contributed by atoms with van der Waals surface area (Å²) in [4.78, 5) is 3.74. The van der Waals surface area contributed by atoms with Gasteiger partial charge in [-0.15, -0.1) is 0 Å². The SMILES string of the molecule is CN=C(N)c1ccc(-c2cccc(C(F)(F)F)c2)o1. The van der Waals surface area contributed by atoms with Gasteiger partial charge in [-0.05, 0) is 24.3 Å². The second kappa shape index (κ2) is 4.79. The molecule has 0 saturated carbocycles. The number of alkyl halides is 3. The van der Waals surface area contributed by atoms with E-state index < -0.39 is 11.7 Å². The van der Waals surface area contributed by atoms with Gasteiger partial charge in [0.25, 0.3) is 0 Å². The fourth-order valence-corrected chi connectivity index (χ4v) is 1.59. The number of hydrogen-bond acceptors (Lipinski definition) is 2. The van der Waals surface area contributed by atoms with E-state index in [9.17, 15) is 13.2 Å². The Balaban J connectivity index is 2.40. The zero-order valence-corrected chi connectivity index (χ0v) is 10.0. The van der Waals surface area contributed by atoms with E-state index in [0.717, 1.165) is 12.1 Å². The molecule has 2 N–H and O–H groups in total. The van der Waals surface area contributed by atoms with E-state index in [4.69, 9.17) is 10.2 Å². The lowest BCUT2D eigenvalue weighted by molar-refractivity contribution is -0.137. The largest absolute Gasteiger partial charge is 0.453 e. The molecule has 0 fully saturated rings. The zero-order valence-electron chi connectivity index (χ0n) is 10.0. The molecule has 0 unspecified atom stereocenters. The molecule has 0 saturated heterocycles. The van der Waals surface area contributed by atoms with Crippen LogP contribution >= 0.6 is 0 Å². The minimum Gasteiger partial charge on any atom is -0.453 e. The third-order valence-electron chi connectivity index (χ3n) is 2.57. The maximum absolute atomic E-state index is 12.6. The number of halogens is 3. The second-order valence-corrected chi connectivity index (χ2v) is 3.85. The molecule has 3 nitrogen and oxygen atoms in total. The molecule has 0 amide bonds. The smallest absolute Gasteiger partial charge is 0.416 e. The monoisotopic (exact) mass is 268 g/mol. The quantitative estimate of drug-likeness (QED) is 0.671. The first-order valence-electron chi connectivity index (χ1n) is 5.42. The topological polar surface area (TPSA) is 51.5 Å². The Morgan fingerprint density at radius 2 is 1.95 bits per heavy atom. The van der Waals surface area contributed by atoms with Crippen molar-refractivity contribution < 1.29 is 17.6 Å². The van der Waals surface area contributed by atoms with Crippen LogP contribution in [0.2, 0.25) is 0 Å². The summed E-state index contributed by atoms with van der Waals surface area (Å²) in [5.74, 6) is 0.834. The molecule has 0 aliphatic heterocycles. The zero-order chi connectivity index (χ0) is 14.0. The Kier molecular flexibility index (Phi) is 3.33. The third-order valence-corrected chi connectivity index (χ3v) is 2.57. The predicted octanol–water partition coefficient (Wildman–Crippen LogP) is 3.30. The van der Waals surface area contributed by atoms with Crippen molar-refractivity contribution in [1.82, 2.24) is 0 Å². The molecular weight excluding hydrogens is 257 g/mol. The van der Waals surface area contributed by atoms with Crippen molar-refractivity contribution in [3.05, 3.63) is 47.7 Å². The van der Waals surface area contributed by atoms with E-state index in [1.807, 2.05) is 0 Å². The van der Waals surface area contributed by atoms with E-state index in [-0.39, 0.29) is 5.84 Å². The first kappa shape index (κ1) is 13.2. The molecule has 1 heterocycles. The van der Waals surface area contributed by atoms with Gasteiger partial charge in [-0.25, -0.2) is 0 Å². The molecule has 100 valence electrons. The first-order valence-corrected chi connectivity index (χ1v) is 5.42. The Hall–Kier alpha value is -2.24. The van der Waals surface area contributed by atoms with Crippen LogP contribution in [0, 0.1) is 0 Å². The van der Waals surface area contributed by atoms with E-state index in [2.05, 4.69) is 4.99 Å². The van der Waals surface area contributed by atoms with Crippen LogP contribution in [0.3, 0.4) is 0 Å². The molecule has 0 radical (unpaired) electrons. The summed E-state index contributed by atoms with van der Waals surface area (Å²) in [7, 11) is 1.50.